The molecule has 0 aliphatic rings. The summed E-state index contributed by atoms with van der Waals surface area (Å²) in [7, 11) is 0. The molecule has 1 atom stereocenters. The van der Waals surface area contributed by atoms with Gasteiger partial charge in [-0.15, -0.1) is 0 Å². The number of benzene rings is 1. The van der Waals surface area contributed by atoms with E-state index in [1.165, 1.54) is 0 Å². The van der Waals surface area contributed by atoms with Gasteiger partial charge in [-0.05, 0) is 55.5 Å². The smallest absolute Gasteiger partial charge is 0.243 e. The van der Waals surface area contributed by atoms with Crippen molar-refractivity contribution in [3.8, 4) is 17.1 Å². The number of aromatic hydroxyl groups is 1. The summed E-state index contributed by atoms with van der Waals surface area (Å²) in [4.78, 5) is 4.35. The third-order valence-corrected chi connectivity index (χ3v) is 3.79. The van der Waals surface area contributed by atoms with Gasteiger partial charge in [-0.3, -0.25) is 0 Å². The second kappa shape index (κ2) is 6.28. The summed E-state index contributed by atoms with van der Waals surface area (Å²) in [6.45, 7) is 3.69. The summed E-state index contributed by atoms with van der Waals surface area (Å²) in [5.41, 5.74) is 8.41. The zero-order chi connectivity index (χ0) is 14.7. The van der Waals surface area contributed by atoms with E-state index in [-0.39, 0.29) is 6.04 Å². The van der Waals surface area contributed by atoms with Crippen LogP contribution in [-0.2, 0) is 0 Å². The minimum atomic E-state index is -0.233. The van der Waals surface area contributed by atoms with Crippen molar-refractivity contribution in [2.45, 2.75) is 26.3 Å². The molecule has 0 unspecified atom stereocenters. The Morgan fingerprint density at radius 2 is 2.00 bits per heavy atom. The number of hydrogen-bond donors (Lipinski definition) is 2. The molecule has 108 valence electrons. The molecule has 2 rings (SSSR count). The van der Waals surface area contributed by atoms with Crippen molar-refractivity contribution in [1.29, 1.82) is 0 Å². The van der Waals surface area contributed by atoms with Gasteiger partial charge in [0.2, 0.25) is 11.7 Å². The molecule has 0 saturated heterocycles. The first-order valence-electron chi connectivity index (χ1n) is 6.41. The van der Waals surface area contributed by atoms with Gasteiger partial charge in [0.1, 0.15) is 5.75 Å². The molecule has 2 aromatic rings. The van der Waals surface area contributed by atoms with Crippen molar-refractivity contribution < 1.29 is 9.63 Å². The highest BCUT2D eigenvalue weighted by Crippen LogP contribution is 2.28. The van der Waals surface area contributed by atoms with Crippen LogP contribution in [0.1, 0.15) is 29.5 Å². The maximum absolute atomic E-state index is 9.78. The monoisotopic (exact) mass is 293 g/mol. The highest BCUT2D eigenvalue weighted by atomic mass is 32.2. The number of nitrogens with zero attached hydrogens (tertiary/aromatic N) is 2. The Kier molecular flexibility index (Phi) is 4.67. The van der Waals surface area contributed by atoms with Crippen LogP contribution in [0, 0.1) is 13.8 Å². The molecule has 0 radical (unpaired) electrons. The third kappa shape index (κ3) is 3.13. The Balaban J connectivity index is 2.24. The molecule has 0 aliphatic carbocycles. The normalized spacial score (nSPS) is 12.6. The summed E-state index contributed by atoms with van der Waals surface area (Å²) in [5, 5.41) is 13.8. The Labute approximate surface area is 122 Å². The molecule has 0 fully saturated rings. The molecule has 1 aromatic heterocycles. The number of aromatic nitrogens is 2. The number of thioether (sulfide) groups is 1. The predicted molar refractivity (Wildman–Crippen MR) is 80.8 cm³/mol. The van der Waals surface area contributed by atoms with E-state index in [0.29, 0.717) is 17.5 Å². The fourth-order valence-electron chi connectivity index (χ4n) is 1.96. The molecular weight excluding hydrogens is 274 g/mol. The van der Waals surface area contributed by atoms with E-state index in [0.717, 1.165) is 28.9 Å². The van der Waals surface area contributed by atoms with Crippen LogP contribution in [0.3, 0.4) is 0 Å². The standard InChI is InChI=1S/C14H19N3O2S/c1-8-6-10(7-9(2)12(8)18)13-16-14(19-17-13)11(15)4-5-20-3/h6-7,11,18H,4-5,15H2,1-3H3/t11-/m0/s1. The van der Waals surface area contributed by atoms with E-state index in [1.807, 2.05) is 32.2 Å². The van der Waals surface area contributed by atoms with Crippen LogP contribution in [0.15, 0.2) is 16.7 Å². The van der Waals surface area contributed by atoms with Crippen molar-refractivity contribution in [1.82, 2.24) is 10.1 Å². The molecule has 0 saturated carbocycles. The summed E-state index contributed by atoms with van der Waals surface area (Å²) >= 11 is 1.74. The van der Waals surface area contributed by atoms with Crippen LogP contribution in [0.2, 0.25) is 0 Å². The number of rotatable bonds is 5. The summed E-state index contributed by atoms with van der Waals surface area (Å²) in [6.07, 6.45) is 2.84. The van der Waals surface area contributed by atoms with Crippen LogP contribution in [-0.4, -0.2) is 27.3 Å². The Morgan fingerprint density at radius 1 is 1.35 bits per heavy atom. The Hall–Kier alpha value is -1.53. The average Bonchev–Trinajstić information content (AvgIpc) is 2.91. The lowest BCUT2D eigenvalue weighted by molar-refractivity contribution is 0.353. The van der Waals surface area contributed by atoms with Crippen LogP contribution < -0.4 is 5.73 Å². The van der Waals surface area contributed by atoms with Crippen molar-refractivity contribution in [2.24, 2.45) is 5.73 Å². The van der Waals surface area contributed by atoms with Crippen molar-refractivity contribution in [3.05, 3.63) is 29.2 Å². The number of nitrogens with two attached hydrogens (primary N) is 1. The summed E-state index contributed by atoms with van der Waals surface area (Å²) in [5.74, 6) is 2.22. The van der Waals surface area contributed by atoms with Gasteiger partial charge >= 0.3 is 0 Å². The molecule has 0 spiro atoms. The minimum Gasteiger partial charge on any atom is -0.507 e. The molecule has 1 heterocycles. The van der Waals surface area contributed by atoms with E-state index < -0.39 is 0 Å². The van der Waals surface area contributed by atoms with Gasteiger partial charge in [-0.25, -0.2) is 0 Å². The number of hydrogen-bond acceptors (Lipinski definition) is 6. The van der Waals surface area contributed by atoms with Crippen LogP contribution in [0.25, 0.3) is 11.4 Å². The molecule has 0 bridgehead atoms. The van der Waals surface area contributed by atoms with Crippen LogP contribution in [0.5, 0.6) is 5.75 Å². The van der Waals surface area contributed by atoms with Crippen LogP contribution in [0.4, 0.5) is 0 Å². The van der Waals surface area contributed by atoms with E-state index in [4.69, 9.17) is 10.3 Å². The third-order valence-electron chi connectivity index (χ3n) is 3.14. The summed E-state index contributed by atoms with van der Waals surface area (Å²) in [6, 6.07) is 3.44. The summed E-state index contributed by atoms with van der Waals surface area (Å²) < 4.78 is 5.23. The quantitative estimate of drug-likeness (QED) is 0.881. The largest absolute Gasteiger partial charge is 0.507 e. The molecule has 3 N–H and O–H groups in total. The molecule has 5 nitrogen and oxygen atoms in total. The van der Waals surface area contributed by atoms with E-state index in [9.17, 15) is 5.11 Å². The lowest BCUT2D eigenvalue weighted by atomic mass is 10.1. The van der Waals surface area contributed by atoms with Gasteiger partial charge in [0.25, 0.3) is 0 Å². The molecular formula is C14H19N3O2S. The predicted octanol–water partition coefficient (Wildman–Crippen LogP) is 2.81. The Morgan fingerprint density at radius 3 is 2.60 bits per heavy atom. The topological polar surface area (TPSA) is 85.2 Å². The van der Waals surface area contributed by atoms with E-state index >= 15 is 0 Å². The first-order chi connectivity index (χ1) is 9.52. The number of phenols is 1. The van der Waals surface area contributed by atoms with E-state index in [2.05, 4.69) is 10.1 Å². The molecule has 0 aliphatic heterocycles. The zero-order valence-electron chi connectivity index (χ0n) is 11.9. The maximum Gasteiger partial charge on any atom is 0.243 e. The fourth-order valence-corrected chi connectivity index (χ4v) is 2.45. The SMILES string of the molecule is CSCC[C@H](N)c1nc(-c2cc(C)c(O)c(C)c2)no1. The minimum absolute atomic E-state index is 0.233. The van der Waals surface area contributed by atoms with Gasteiger partial charge in [-0.1, -0.05) is 5.16 Å². The lowest BCUT2D eigenvalue weighted by Crippen LogP contribution is -2.11. The second-order valence-electron chi connectivity index (χ2n) is 4.80. The van der Waals surface area contributed by atoms with E-state index in [1.54, 1.807) is 11.8 Å². The van der Waals surface area contributed by atoms with Crippen molar-refractivity contribution >= 4 is 11.8 Å². The Bertz CT molecular complexity index is 575. The second-order valence-corrected chi connectivity index (χ2v) is 5.79. The number of aryl methyl sites for hydroxylation is 2. The van der Waals surface area contributed by atoms with Gasteiger partial charge < -0.3 is 15.4 Å². The lowest BCUT2D eigenvalue weighted by Gasteiger charge is -2.05. The van der Waals surface area contributed by atoms with Crippen molar-refractivity contribution in [3.63, 3.8) is 0 Å². The molecule has 20 heavy (non-hydrogen) atoms. The van der Waals surface area contributed by atoms with Gasteiger partial charge in [0.05, 0.1) is 6.04 Å². The van der Waals surface area contributed by atoms with Crippen molar-refractivity contribution in [2.75, 3.05) is 12.0 Å². The molecule has 6 heteroatoms. The highest BCUT2D eigenvalue weighted by Gasteiger charge is 2.16. The number of phenolic OH excluding ortho intramolecular Hbond substituents is 1. The fraction of sp³-hybridized carbons (Fsp3) is 0.429. The molecule has 0 amide bonds. The first kappa shape index (κ1) is 14.9. The zero-order valence-corrected chi connectivity index (χ0v) is 12.7. The first-order valence-corrected chi connectivity index (χ1v) is 7.81. The maximum atomic E-state index is 9.78. The highest BCUT2D eigenvalue weighted by molar-refractivity contribution is 7.98. The van der Waals surface area contributed by atoms with Gasteiger partial charge in [0, 0.05) is 5.56 Å². The van der Waals surface area contributed by atoms with Gasteiger partial charge in [0.15, 0.2) is 0 Å². The molecule has 1 aromatic carbocycles. The van der Waals surface area contributed by atoms with Crippen LogP contribution >= 0.6 is 11.8 Å². The van der Waals surface area contributed by atoms with Gasteiger partial charge in [-0.2, -0.15) is 16.7 Å². The average molecular weight is 293 g/mol.